The summed E-state index contributed by atoms with van der Waals surface area (Å²) in [4.78, 5) is 43.3. The van der Waals surface area contributed by atoms with Gasteiger partial charge in [-0.15, -0.1) is 0 Å². The molecule has 1 aromatic heterocycles. The largest absolute Gasteiger partial charge is 0.497 e. The molecule has 2 heterocycles. The predicted molar refractivity (Wildman–Crippen MR) is 109 cm³/mol. The van der Waals surface area contributed by atoms with E-state index in [1.165, 1.54) is 25.3 Å². The monoisotopic (exact) mass is 423 g/mol. The molecular formula is C22H21N3O6. The number of hydrogen-bond acceptors (Lipinski definition) is 7. The molecular weight excluding hydrogens is 402 g/mol. The van der Waals surface area contributed by atoms with Crippen LogP contribution in [-0.4, -0.2) is 61.3 Å². The summed E-state index contributed by atoms with van der Waals surface area (Å²) in [5.41, 5.74) is -0.123. The number of nitrogens with zero attached hydrogens (tertiary/aromatic N) is 2. The number of carbonyl (C=O) groups excluding carboxylic acids is 3. The van der Waals surface area contributed by atoms with Crippen molar-refractivity contribution in [1.82, 2.24) is 15.2 Å². The predicted octanol–water partition coefficient (Wildman–Crippen LogP) is 1.37. The average Bonchev–Trinajstić information content (AvgIpc) is 3.11. The van der Waals surface area contributed by atoms with Gasteiger partial charge in [-0.2, -0.15) is 0 Å². The van der Waals surface area contributed by atoms with Gasteiger partial charge >= 0.3 is 12.1 Å². The van der Waals surface area contributed by atoms with Crippen LogP contribution >= 0.6 is 0 Å². The zero-order valence-corrected chi connectivity index (χ0v) is 17.3. The third kappa shape index (κ3) is 4.59. The van der Waals surface area contributed by atoms with Crippen molar-refractivity contribution in [3.05, 3.63) is 59.4 Å². The van der Waals surface area contributed by atoms with Gasteiger partial charge in [-0.05, 0) is 29.8 Å². The molecule has 0 unspecified atom stereocenters. The second kappa shape index (κ2) is 9.17. The van der Waals surface area contributed by atoms with Crippen molar-refractivity contribution in [2.75, 3.05) is 27.9 Å². The van der Waals surface area contributed by atoms with Crippen LogP contribution in [0.3, 0.4) is 0 Å². The van der Waals surface area contributed by atoms with Gasteiger partial charge in [0.05, 0.1) is 27.9 Å². The zero-order valence-electron chi connectivity index (χ0n) is 17.3. The van der Waals surface area contributed by atoms with Gasteiger partial charge in [0.2, 0.25) is 5.54 Å². The first-order valence-corrected chi connectivity index (χ1v) is 9.26. The van der Waals surface area contributed by atoms with Crippen molar-refractivity contribution in [2.45, 2.75) is 12.1 Å². The minimum atomic E-state index is -1.86. The summed E-state index contributed by atoms with van der Waals surface area (Å²) in [6, 6.07) is 8.54. The molecule has 1 N–H and O–H groups in total. The maximum absolute atomic E-state index is 13.0. The summed E-state index contributed by atoms with van der Waals surface area (Å²) < 4.78 is 14.8. The molecule has 0 spiro atoms. The Morgan fingerprint density at radius 3 is 2.68 bits per heavy atom. The number of aromatic nitrogens is 1. The fourth-order valence-corrected chi connectivity index (χ4v) is 3.17. The summed E-state index contributed by atoms with van der Waals surface area (Å²) in [6.45, 7) is -0.0216. The number of amides is 2. The summed E-state index contributed by atoms with van der Waals surface area (Å²) in [6.07, 6.45) is 2.20. The van der Waals surface area contributed by atoms with E-state index in [0.717, 1.165) is 12.7 Å². The molecule has 0 bridgehead atoms. The normalized spacial score (nSPS) is 13.9. The van der Waals surface area contributed by atoms with Crippen LogP contribution in [0.2, 0.25) is 0 Å². The first-order valence-electron chi connectivity index (χ1n) is 9.26. The van der Waals surface area contributed by atoms with Crippen LogP contribution in [0.5, 0.6) is 5.75 Å². The van der Waals surface area contributed by atoms with E-state index in [0.29, 0.717) is 16.9 Å². The lowest BCUT2D eigenvalue weighted by molar-refractivity contribution is -0.146. The van der Waals surface area contributed by atoms with Crippen molar-refractivity contribution in [3.8, 4) is 17.6 Å². The van der Waals surface area contributed by atoms with E-state index in [9.17, 15) is 14.4 Å². The molecule has 0 saturated heterocycles. The molecule has 1 atom stereocenters. The smallest absolute Gasteiger partial charge is 0.408 e. The van der Waals surface area contributed by atoms with Gasteiger partial charge in [0.25, 0.3) is 5.91 Å². The van der Waals surface area contributed by atoms with E-state index in [-0.39, 0.29) is 19.0 Å². The molecule has 0 saturated carbocycles. The van der Waals surface area contributed by atoms with E-state index in [2.05, 4.69) is 26.9 Å². The van der Waals surface area contributed by atoms with Gasteiger partial charge in [-0.3, -0.25) is 15.1 Å². The molecule has 1 aliphatic heterocycles. The minimum absolute atomic E-state index is 0.230. The number of ether oxygens (including phenoxy) is 3. The number of hydrogen-bond donors (Lipinski definition) is 1. The molecule has 1 aliphatic rings. The number of rotatable bonds is 5. The number of esters is 1. The molecule has 9 nitrogen and oxygen atoms in total. The maximum atomic E-state index is 13.0. The van der Waals surface area contributed by atoms with E-state index >= 15 is 0 Å². The molecule has 2 aromatic rings. The molecule has 1 aromatic carbocycles. The Hall–Kier alpha value is -4.06. The third-order valence-corrected chi connectivity index (χ3v) is 4.74. The minimum Gasteiger partial charge on any atom is -0.497 e. The van der Waals surface area contributed by atoms with Crippen molar-refractivity contribution in [3.63, 3.8) is 0 Å². The Kier molecular flexibility index (Phi) is 6.40. The Labute approximate surface area is 179 Å². The molecule has 0 fully saturated rings. The van der Waals surface area contributed by atoms with Gasteiger partial charge in [0.1, 0.15) is 5.75 Å². The van der Waals surface area contributed by atoms with Gasteiger partial charge in [-0.1, -0.05) is 17.9 Å². The number of methoxy groups -OCH3 is 3. The summed E-state index contributed by atoms with van der Waals surface area (Å²) in [7, 11) is 3.85. The highest BCUT2D eigenvalue weighted by molar-refractivity contribution is 6.00. The highest BCUT2D eigenvalue weighted by Crippen LogP contribution is 2.28. The quantitative estimate of drug-likeness (QED) is 0.572. The number of pyridine rings is 1. The molecule has 3 rings (SSSR count). The van der Waals surface area contributed by atoms with Gasteiger partial charge < -0.3 is 19.1 Å². The number of benzene rings is 1. The van der Waals surface area contributed by atoms with Crippen LogP contribution in [0.25, 0.3) is 0 Å². The molecule has 160 valence electrons. The van der Waals surface area contributed by atoms with Crippen molar-refractivity contribution >= 4 is 18.0 Å². The highest BCUT2D eigenvalue weighted by atomic mass is 16.5. The van der Waals surface area contributed by atoms with Gasteiger partial charge in [0, 0.05) is 30.1 Å². The van der Waals surface area contributed by atoms with Crippen molar-refractivity contribution in [2.24, 2.45) is 0 Å². The van der Waals surface area contributed by atoms with E-state index < -0.39 is 17.6 Å². The Balaban J connectivity index is 1.99. The topological polar surface area (TPSA) is 107 Å². The maximum Gasteiger partial charge on any atom is 0.408 e. The van der Waals surface area contributed by atoms with Crippen LogP contribution in [0.15, 0.2) is 42.7 Å². The molecule has 9 heteroatoms. The SMILES string of the molecule is COC(=O)N[C@](C#Cc1cccnc1)(CN1Cc2ccc(OC)cc2C1=O)C(=O)OC. The van der Waals surface area contributed by atoms with Gasteiger partial charge in [-0.25, -0.2) is 9.59 Å². The van der Waals surface area contributed by atoms with Crippen LogP contribution in [0, 0.1) is 11.8 Å². The Morgan fingerprint density at radius 1 is 1.23 bits per heavy atom. The fourth-order valence-electron chi connectivity index (χ4n) is 3.17. The first kappa shape index (κ1) is 21.6. The number of alkyl carbamates (subject to hydrolysis) is 1. The van der Waals surface area contributed by atoms with Crippen LogP contribution in [-0.2, 0) is 20.8 Å². The van der Waals surface area contributed by atoms with Crippen LogP contribution in [0.1, 0.15) is 21.5 Å². The van der Waals surface area contributed by atoms with Crippen molar-refractivity contribution in [1.29, 1.82) is 0 Å². The second-order valence-electron chi connectivity index (χ2n) is 6.69. The van der Waals surface area contributed by atoms with Crippen molar-refractivity contribution < 1.29 is 28.6 Å². The molecule has 31 heavy (non-hydrogen) atoms. The second-order valence-corrected chi connectivity index (χ2v) is 6.69. The number of fused-ring (bicyclic) bond motifs is 1. The molecule has 2 amide bonds. The Bertz CT molecular complexity index is 1060. The lowest BCUT2D eigenvalue weighted by atomic mass is 9.99. The fraction of sp³-hybridized carbons (Fsp3) is 0.273. The Morgan fingerprint density at radius 2 is 2.03 bits per heavy atom. The molecule has 0 aliphatic carbocycles. The zero-order chi connectivity index (χ0) is 22.4. The summed E-state index contributed by atoms with van der Waals surface area (Å²) >= 11 is 0. The van der Waals surface area contributed by atoms with E-state index in [4.69, 9.17) is 9.47 Å². The lowest BCUT2D eigenvalue weighted by Crippen LogP contribution is -2.60. The van der Waals surface area contributed by atoms with Crippen LogP contribution < -0.4 is 10.1 Å². The third-order valence-electron chi connectivity index (χ3n) is 4.74. The highest BCUT2D eigenvalue weighted by Gasteiger charge is 2.45. The molecule has 0 radical (unpaired) electrons. The average molecular weight is 423 g/mol. The number of nitrogens with one attached hydrogen (secondary N) is 1. The van der Waals surface area contributed by atoms with E-state index in [1.54, 1.807) is 36.5 Å². The first-order chi connectivity index (χ1) is 14.9. The van der Waals surface area contributed by atoms with E-state index in [1.807, 2.05) is 0 Å². The van der Waals surface area contributed by atoms with Gasteiger partial charge in [0.15, 0.2) is 0 Å². The number of carbonyl (C=O) groups is 3. The summed E-state index contributed by atoms with van der Waals surface area (Å²) in [5, 5.41) is 2.45. The lowest BCUT2D eigenvalue weighted by Gasteiger charge is -2.30. The standard InChI is InChI=1S/C22H21N3O6/c1-29-17-7-6-16-13-25(19(26)18(16)11-17)14-22(20(27)30-2,24-21(28)31-3)9-8-15-5-4-10-23-12-15/h4-7,10-12H,13-14H2,1-3H3,(H,24,28)/t22-/m1/s1. The summed E-state index contributed by atoms with van der Waals surface area (Å²) in [5.74, 6) is 4.96. The van der Waals surface area contributed by atoms with Crippen LogP contribution in [0.4, 0.5) is 4.79 Å².